The van der Waals surface area contributed by atoms with Crippen LogP contribution in [0, 0.1) is 0 Å². The Morgan fingerprint density at radius 2 is 2.28 bits per heavy atom. The molecule has 0 radical (unpaired) electrons. The molecule has 18 heavy (non-hydrogen) atoms. The molecule has 0 saturated heterocycles. The van der Waals surface area contributed by atoms with Crippen LogP contribution in [0.5, 0.6) is 11.5 Å². The molecule has 0 amide bonds. The largest absolute Gasteiger partial charge is 0.493 e. The van der Waals surface area contributed by atoms with Gasteiger partial charge in [-0.25, -0.2) is 0 Å². The molecule has 0 unspecified atom stereocenters. The van der Waals surface area contributed by atoms with Crippen LogP contribution in [0.4, 0.5) is 0 Å². The van der Waals surface area contributed by atoms with Crippen LogP contribution in [0.2, 0.25) is 5.02 Å². The maximum Gasteiger partial charge on any atom is 0.180 e. The Hall–Kier alpha value is -1.19. The Kier molecular flexibility index (Phi) is 4.50. The highest BCUT2D eigenvalue weighted by Crippen LogP contribution is 2.36. The first-order valence-corrected chi connectivity index (χ1v) is 6.46. The summed E-state index contributed by atoms with van der Waals surface area (Å²) in [5, 5.41) is 4.02. The lowest BCUT2D eigenvalue weighted by atomic mass is 10.2. The van der Waals surface area contributed by atoms with Crippen molar-refractivity contribution >= 4 is 11.6 Å². The van der Waals surface area contributed by atoms with Crippen molar-refractivity contribution in [2.75, 3.05) is 13.7 Å². The molecule has 1 saturated carbocycles. The molecule has 98 valence electrons. The number of benzene rings is 1. The van der Waals surface area contributed by atoms with E-state index in [1.165, 1.54) is 12.8 Å². The highest BCUT2D eigenvalue weighted by molar-refractivity contribution is 6.32. The first-order valence-electron chi connectivity index (χ1n) is 6.08. The Labute approximate surface area is 113 Å². The maximum atomic E-state index is 6.21. The van der Waals surface area contributed by atoms with Crippen LogP contribution in [-0.4, -0.2) is 19.8 Å². The summed E-state index contributed by atoms with van der Waals surface area (Å²) < 4.78 is 10.8. The Morgan fingerprint density at radius 3 is 2.89 bits per heavy atom. The average Bonchev–Trinajstić information content (AvgIpc) is 3.18. The number of rotatable bonds is 7. The zero-order valence-corrected chi connectivity index (χ0v) is 11.3. The van der Waals surface area contributed by atoms with E-state index in [4.69, 9.17) is 21.1 Å². The molecule has 1 aromatic carbocycles. The lowest BCUT2D eigenvalue weighted by molar-refractivity contribution is 0.326. The van der Waals surface area contributed by atoms with Gasteiger partial charge in [0.25, 0.3) is 0 Å². The summed E-state index contributed by atoms with van der Waals surface area (Å²) in [4.78, 5) is 0. The standard InChI is InChI=1S/C14H18ClNO2/c1-3-6-18-14-12(15)7-10(8-13(14)17-2)9-16-11-4-5-11/h3,7-8,11,16H,1,4-6,9H2,2H3. The van der Waals surface area contributed by atoms with E-state index in [9.17, 15) is 0 Å². The predicted molar refractivity (Wildman–Crippen MR) is 73.6 cm³/mol. The number of hydrogen-bond acceptors (Lipinski definition) is 3. The maximum absolute atomic E-state index is 6.21. The van der Waals surface area contributed by atoms with E-state index in [1.54, 1.807) is 13.2 Å². The van der Waals surface area contributed by atoms with Crippen LogP contribution < -0.4 is 14.8 Å². The van der Waals surface area contributed by atoms with E-state index in [0.717, 1.165) is 12.1 Å². The lowest BCUT2D eigenvalue weighted by Gasteiger charge is -2.13. The van der Waals surface area contributed by atoms with Crippen molar-refractivity contribution in [2.24, 2.45) is 0 Å². The smallest absolute Gasteiger partial charge is 0.180 e. The number of hydrogen-bond donors (Lipinski definition) is 1. The Bertz CT molecular complexity index is 430. The number of ether oxygens (including phenoxy) is 2. The fraction of sp³-hybridized carbons (Fsp3) is 0.429. The highest BCUT2D eigenvalue weighted by Gasteiger charge is 2.20. The Morgan fingerprint density at radius 1 is 1.50 bits per heavy atom. The molecule has 0 spiro atoms. The molecular formula is C14H18ClNO2. The number of methoxy groups -OCH3 is 1. The monoisotopic (exact) mass is 267 g/mol. The van der Waals surface area contributed by atoms with E-state index >= 15 is 0 Å². The second-order valence-corrected chi connectivity index (χ2v) is 4.77. The van der Waals surface area contributed by atoms with Crippen molar-refractivity contribution in [3.05, 3.63) is 35.4 Å². The van der Waals surface area contributed by atoms with Gasteiger partial charge in [-0.1, -0.05) is 24.3 Å². The van der Waals surface area contributed by atoms with Crippen LogP contribution >= 0.6 is 11.6 Å². The average molecular weight is 268 g/mol. The third-order valence-electron chi connectivity index (χ3n) is 2.81. The number of nitrogens with one attached hydrogen (secondary N) is 1. The van der Waals surface area contributed by atoms with E-state index in [1.807, 2.05) is 12.1 Å². The first kappa shape index (κ1) is 13.2. The van der Waals surface area contributed by atoms with Crippen LogP contribution in [0.15, 0.2) is 24.8 Å². The van der Waals surface area contributed by atoms with Gasteiger partial charge in [-0.15, -0.1) is 0 Å². The molecule has 2 rings (SSSR count). The van der Waals surface area contributed by atoms with Gasteiger partial charge in [0.1, 0.15) is 6.61 Å². The quantitative estimate of drug-likeness (QED) is 0.770. The van der Waals surface area contributed by atoms with Gasteiger partial charge >= 0.3 is 0 Å². The molecular weight excluding hydrogens is 250 g/mol. The van der Waals surface area contributed by atoms with Gasteiger partial charge in [0.05, 0.1) is 12.1 Å². The molecule has 1 N–H and O–H groups in total. The minimum absolute atomic E-state index is 0.412. The molecule has 0 aliphatic heterocycles. The molecule has 0 heterocycles. The summed E-state index contributed by atoms with van der Waals surface area (Å²) in [6.45, 7) is 4.84. The second kappa shape index (κ2) is 6.12. The van der Waals surface area contributed by atoms with Crippen molar-refractivity contribution in [1.29, 1.82) is 0 Å². The normalized spacial score (nSPS) is 14.3. The molecule has 1 aromatic rings. The van der Waals surface area contributed by atoms with E-state index in [-0.39, 0.29) is 0 Å². The van der Waals surface area contributed by atoms with E-state index in [2.05, 4.69) is 11.9 Å². The van der Waals surface area contributed by atoms with Crippen molar-refractivity contribution in [1.82, 2.24) is 5.32 Å². The molecule has 0 bridgehead atoms. The molecule has 1 aliphatic rings. The summed E-state index contributed by atoms with van der Waals surface area (Å²) in [6, 6.07) is 4.55. The fourth-order valence-corrected chi connectivity index (χ4v) is 2.00. The third-order valence-corrected chi connectivity index (χ3v) is 3.09. The van der Waals surface area contributed by atoms with Crippen molar-refractivity contribution in [2.45, 2.75) is 25.4 Å². The first-order chi connectivity index (χ1) is 8.74. The van der Waals surface area contributed by atoms with E-state index < -0.39 is 0 Å². The van der Waals surface area contributed by atoms with Gasteiger partial charge in [0.15, 0.2) is 11.5 Å². The summed E-state index contributed by atoms with van der Waals surface area (Å²) in [5.74, 6) is 1.24. The highest BCUT2D eigenvalue weighted by atomic mass is 35.5. The second-order valence-electron chi connectivity index (χ2n) is 4.36. The summed E-state index contributed by atoms with van der Waals surface area (Å²) in [5.41, 5.74) is 1.11. The molecule has 0 aromatic heterocycles. The minimum atomic E-state index is 0.412. The third kappa shape index (κ3) is 3.40. The minimum Gasteiger partial charge on any atom is -0.493 e. The molecule has 0 atom stereocenters. The molecule has 1 fully saturated rings. The predicted octanol–water partition coefficient (Wildman–Crippen LogP) is 3.17. The van der Waals surface area contributed by atoms with Gasteiger partial charge in [0, 0.05) is 12.6 Å². The van der Waals surface area contributed by atoms with Gasteiger partial charge in [0.2, 0.25) is 0 Å². The van der Waals surface area contributed by atoms with Gasteiger partial charge in [-0.2, -0.15) is 0 Å². The van der Waals surface area contributed by atoms with Crippen LogP contribution in [0.3, 0.4) is 0 Å². The van der Waals surface area contributed by atoms with Crippen molar-refractivity contribution in [3.63, 3.8) is 0 Å². The van der Waals surface area contributed by atoms with Crippen LogP contribution in [0.1, 0.15) is 18.4 Å². The number of halogens is 1. The Balaban J connectivity index is 2.12. The summed E-state index contributed by atoms with van der Waals surface area (Å²) in [6.07, 6.45) is 4.22. The SMILES string of the molecule is C=CCOc1c(Cl)cc(CNC2CC2)cc1OC. The van der Waals surface area contributed by atoms with Gasteiger partial charge < -0.3 is 14.8 Å². The van der Waals surface area contributed by atoms with Crippen molar-refractivity contribution < 1.29 is 9.47 Å². The van der Waals surface area contributed by atoms with Crippen molar-refractivity contribution in [3.8, 4) is 11.5 Å². The topological polar surface area (TPSA) is 30.5 Å². The zero-order valence-electron chi connectivity index (χ0n) is 10.5. The van der Waals surface area contributed by atoms with Gasteiger partial charge in [-0.05, 0) is 30.5 Å². The van der Waals surface area contributed by atoms with E-state index in [0.29, 0.717) is 29.2 Å². The fourth-order valence-electron chi connectivity index (χ4n) is 1.71. The van der Waals surface area contributed by atoms with Crippen LogP contribution in [0.25, 0.3) is 0 Å². The molecule has 1 aliphatic carbocycles. The molecule has 3 nitrogen and oxygen atoms in total. The van der Waals surface area contributed by atoms with Gasteiger partial charge in [-0.3, -0.25) is 0 Å². The lowest BCUT2D eigenvalue weighted by Crippen LogP contribution is -2.15. The molecule has 4 heteroatoms. The summed E-state index contributed by atoms with van der Waals surface area (Å²) in [7, 11) is 1.62. The van der Waals surface area contributed by atoms with Crippen LogP contribution in [-0.2, 0) is 6.54 Å². The summed E-state index contributed by atoms with van der Waals surface area (Å²) >= 11 is 6.21. The zero-order chi connectivity index (χ0) is 13.0.